The van der Waals surface area contributed by atoms with Crippen molar-refractivity contribution in [1.29, 1.82) is 0 Å². The maximum absolute atomic E-state index is 11.8. The molecule has 0 amide bonds. The van der Waals surface area contributed by atoms with Gasteiger partial charge in [-0.05, 0) is 18.6 Å². The number of benzene rings is 1. The Labute approximate surface area is 101 Å². The van der Waals surface area contributed by atoms with Crippen LogP contribution in [0.4, 0.5) is 0 Å². The lowest BCUT2D eigenvalue weighted by molar-refractivity contribution is 0.0496. The first-order chi connectivity index (χ1) is 8.22. The van der Waals surface area contributed by atoms with Crippen molar-refractivity contribution in [3.05, 3.63) is 23.8 Å². The third kappa shape index (κ3) is 3.66. The normalized spacial score (nSPS) is 9.82. The molecule has 0 saturated heterocycles. The van der Waals surface area contributed by atoms with E-state index in [1.165, 1.54) is 7.11 Å². The van der Waals surface area contributed by atoms with Crippen LogP contribution in [0.3, 0.4) is 0 Å². The number of rotatable bonds is 6. The van der Waals surface area contributed by atoms with Gasteiger partial charge in [-0.15, -0.1) is 0 Å². The largest absolute Gasteiger partial charge is 0.497 e. The fourth-order valence-corrected chi connectivity index (χ4v) is 1.35. The molecule has 4 nitrogen and oxygen atoms in total. The Morgan fingerprint density at radius 2 is 2.00 bits per heavy atom. The van der Waals surface area contributed by atoms with E-state index in [2.05, 4.69) is 0 Å². The van der Waals surface area contributed by atoms with Gasteiger partial charge in [0.1, 0.15) is 17.1 Å². The van der Waals surface area contributed by atoms with Gasteiger partial charge in [-0.25, -0.2) is 4.79 Å². The topological polar surface area (TPSA) is 44.8 Å². The standard InChI is InChI=1S/C13H18O4/c1-4-5-8-17-13(14)11-7-6-10(15-2)9-12(11)16-3/h6-7,9H,4-5,8H2,1-3H3. The van der Waals surface area contributed by atoms with E-state index < -0.39 is 0 Å². The van der Waals surface area contributed by atoms with Gasteiger partial charge in [0.2, 0.25) is 0 Å². The molecule has 1 rings (SSSR count). The van der Waals surface area contributed by atoms with E-state index in [-0.39, 0.29) is 5.97 Å². The monoisotopic (exact) mass is 238 g/mol. The van der Waals surface area contributed by atoms with Gasteiger partial charge in [-0.2, -0.15) is 0 Å². The van der Waals surface area contributed by atoms with E-state index in [0.717, 1.165) is 12.8 Å². The van der Waals surface area contributed by atoms with Gasteiger partial charge in [-0.3, -0.25) is 0 Å². The zero-order chi connectivity index (χ0) is 12.7. The highest BCUT2D eigenvalue weighted by atomic mass is 16.5. The summed E-state index contributed by atoms with van der Waals surface area (Å²) in [5.74, 6) is 0.746. The smallest absolute Gasteiger partial charge is 0.341 e. The van der Waals surface area contributed by atoms with Crippen molar-refractivity contribution >= 4 is 5.97 Å². The molecule has 0 fully saturated rings. The van der Waals surface area contributed by atoms with Crippen LogP contribution in [0.25, 0.3) is 0 Å². The van der Waals surface area contributed by atoms with Crippen LogP contribution in [0, 0.1) is 0 Å². The van der Waals surface area contributed by atoms with E-state index in [1.807, 2.05) is 6.92 Å². The third-order valence-electron chi connectivity index (χ3n) is 2.36. The summed E-state index contributed by atoms with van der Waals surface area (Å²) < 4.78 is 15.3. The Bertz CT molecular complexity index is 374. The fraction of sp³-hybridized carbons (Fsp3) is 0.462. The van der Waals surface area contributed by atoms with Gasteiger partial charge >= 0.3 is 5.97 Å². The number of hydrogen-bond donors (Lipinski definition) is 0. The molecular formula is C13H18O4. The Morgan fingerprint density at radius 3 is 2.59 bits per heavy atom. The molecule has 0 aliphatic rings. The molecule has 0 spiro atoms. The molecule has 0 aromatic heterocycles. The highest BCUT2D eigenvalue weighted by Crippen LogP contribution is 2.25. The molecule has 0 unspecified atom stereocenters. The molecule has 94 valence electrons. The molecule has 17 heavy (non-hydrogen) atoms. The number of esters is 1. The van der Waals surface area contributed by atoms with E-state index in [1.54, 1.807) is 25.3 Å². The molecule has 0 heterocycles. The number of hydrogen-bond acceptors (Lipinski definition) is 4. The molecule has 1 aromatic rings. The number of carbonyl (C=O) groups is 1. The molecule has 0 bridgehead atoms. The predicted octanol–water partition coefficient (Wildman–Crippen LogP) is 2.66. The average Bonchev–Trinajstić information content (AvgIpc) is 2.38. The van der Waals surface area contributed by atoms with Crippen LogP contribution in [0.1, 0.15) is 30.1 Å². The minimum Gasteiger partial charge on any atom is -0.497 e. The predicted molar refractivity (Wildman–Crippen MR) is 64.7 cm³/mol. The van der Waals surface area contributed by atoms with Gasteiger partial charge in [0, 0.05) is 6.07 Å². The number of methoxy groups -OCH3 is 2. The zero-order valence-corrected chi connectivity index (χ0v) is 10.5. The Balaban J connectivity index is 2.78. The lowest BCUT2D eigenvalue weighted by atomic mass is 10.2. The molecule has 0 aliphatic heterocycles. The lowest BCUT2D eigenvalue weighted by Gasteiger charge is -2.09. The molecule has 4 heteroatoms. The first-order valence-corrected chi connectivity index (χ1v) is 5.62. The first-order valence-electron chi connectivity index (χ1n) is 5.62. The van der Waals surface area contributed by atoms with E-state index >= 15 is 0 Å². The maximum Gasteiger partial charge on any atom is 0.341 e. The van der Waals surface area contributed by atoms with Gasteiger partial charge in [0.15, 0.2) is 0 Å². The second kappa shape index (κ2) is 6.78. The summed E-state index contributed by atoms with van der Waals surface area (Å²) >= 11 is 0. The molecule has 0 aliphatic carbocycles. The Hall–Kier alpha value is -1.71. The van der Waals surface area contributed by atoms with E-state index in [9.17, 15) is 4.79 Å². The van der Waals surface area contributed by atoms with Crippen LogP contribution in [0.15, 0.2) is 18.2 Å². The average molecular weight is 238 g/mol. The van der Waals surface area contributed by atoms with Crippen molar-refractivity contribution in [3.63, 3.8) is 0 Å². The first kappa shape index (κ1) is 13.4. The van der Waals surface area contributed by atoms with Crippen molar-refractivity contribution in [3.8, 4) is 11.5 Å². The van der Waals surface area contributed by atoms with Crippen LogP contribution in [-0.2, 0) is 4.74 Å². The summed E-state index contributed by atoms with van der Waals surface area (Å²) in [4.78, 5) is 11.8. The number of unbranched alkanes of at least 4 members (excludes halogenated alkanes) is 1. The fourth-order valence-electron chi connectivity index (χ4n) is 1.35. The molecule has 0 N–H and O–H groups in total. The van der Waals surface area contributed by atoms with Crippen LogP contribution in [0.2, 0.25) is 0 Å². The highest BCUT2D eigenvalue weighted by molar-refractivity contribution is 5.92. The van der Waals surface area contributed by atoms with Crippen molar-refractivity contribution in [2.45, 2.75) is 19.8 Å². The van der Waals surface area contributed by atoms with E-state index in [4.69, 9.17) is 14.2 Å². The van der Waals surface area contributed by atoms with Crippen LogP contribution in [-0.4, -0.2) is 26.8 Å². The summed E-state index contributed by atoms with van der Waals surface area (Å²) in [5, 5.41) is 0. The van der Waals surface area contributed by atoms with Gasteiger partial charge < -0.3 is 14.2 Å². The minimum atomic E-state index is -0.363. The zero-order valence-electron chi connectivity index (χ0n) is 10.5. The third-order valence-corrected chi connectivity index (χ3v) is 2.36. The van der Waals surface area contributed by atoms with E-state index in [0.29, 0.717) is 23.7 Å². The summed E-state index contributed by atoms with van der Waals surface area (Å²) in [5.41, 5.74) is 0.421. The van der Waals surface area contributed by atoms with Crippen LogP contribution in [0.5, 0.6) is 11.5 Å². The maximum atomic E-state index is 11.8. The molecule has 0 radical (unpaired) electrons. The highest BCUT2D eigenvalue weighted by Gasteiger charge is 2.14. The van der Waals surface area contributed by atoms with Crippen molar-refractivity contribution in [2.24, 2.45) is 0 Å². The van der Waals surface area contributed by atoms with Crippen LogP contribution >= 0.6 is 0 Å². The summed E-state index contributed by atoms with van der Waals surface area (Å²) in [7, 11) is 3.08. The van der Waals surface area contributed by atoms with Gasteiger partial charge in [0.05, 0.1) is 20.8 Å². The van der Waals surface area contributed by atoms with Gasteiger partial charge in [-0.1, -0.05) is 13.3 Å². The quantitative estimate of drug-likeness (QED) is 0.564. The van der Waals surface area contributed by atoms with Gasteiger partial charge in [0.25, 0.3) is 0 Å². The Morgan fingerprint density at radius 1 is 1.24 bits per heavy atom. The molecular weight excluding hydrogens is 220 g/mol. The number of carbonyl (C=O) groups excluding carboxylic acids is 1. The summed E-state index contributed by atoms with van der Waals surface area (Å²) in [6, 6.07) is 5.02. The summed E-state index contributed by atoms with van der Waals surface area (Å²) in [6.45, 7) is 2.48. The molecule has 1 aromatic carbocycles. The SMILES string of the molecule is CCCCOC(=O)c1ccc(OC)cc1OC. The van der Waals surface area contributed by atoms with Crippen LogP contribution < -0.4 is 9.47 Å². The van der Waals surface area contributed by atoms with Crippen molar-refractivity contribution < 1.29 is 19.0 Å². The summed E-state index contributed by atoms with van der Waals surface area (Å²) in [6.07, 6.45) is 1.86. The minimum absolute atomic E-state index is 0.363. The number of ether oxygens (including phenoxy) is 3. The lowest BCUT2D eigenvalue weighted by Crippen LogP contribution is -2.08. The Kier molecular flexibility index (Phi) is 5.33. The molecule has 0 saturated carbocycles. The second-order valence-electron chi connectivity index (χ2n) is 3.56. The van der Waals surface area contributed by atoms with Crippen molar-refractivity contribution in [2.75, 3.05) is 20.8 Å². The second-order valence-corrected chi connectivity index (χ2v) is 3.56. The molecule has 0 atom stereocenters. The van der Waals surface area contributed by atoms with Crippen molar-refractivity contribution in [1.82, 2.24) is 0 Å².